The number of unbranched alkanes of at least 4 members (excludes halogenated alkanes) is 39. The van der Waals surface area contributed by atoms with Crippen LogP contribution in [0.5, 0.6) is 0 Å². The summed E-state index contributed by atoms with van der Waals surface area (Å²) in [6.07, 6.45) is 86.5. The molecule has 0 aliphatic carbocycles. The first kappa shape index (κ1) is 74.8. The van der Waals surface area contributed by atoms with Gasteiger partial charge in [-0.25, -0.2) is 0 Å². The lowest BCUT2D eigenvalue weighted by Crippen LogP contribution is -2.30. The molecule has 0 radical (unpaired) electrons. The van der Waals surface area contributed by atoms with Gasteiger partial charge in [0.15, 0.2) is 6.10 Å². The first-order valence-corrected chi connectivity index (χ1v) is 33.9. The second-order valence-electron chi connectivity index (χ2n) is 22.7. The molecule has 1 unspecified atom stereocenters. The predicted molar refractivity (Wildman–Crippen MR) is 339 cm³/mol. The fourth-order valence-electron chi connectivity index (χ4n) is 9.89. The minimum absolute atomic E-state index is 0.0832. The van der Waals surface area contributed by atoms with E-state index in [9.17, 15) is 14.4 Å². The maximum atomic E-state index is 12.9. The van der Waals surface area contributed by atoms with Crippen molar-refractivity contribution < 1.29 is 28.6 Å². The van der Waals surface area contributed by atoms with Crippen molar-refractivity contribution in [1.29, 1.82) is 0 Å². The molecule has 0 aromatic carbocycles. The number of ether oxygens (including phenoxy) is 3. The molecule has 0 aliphatic heterocycles. The Hall–Kier alpha value is -3.15. The monoisotopic (exact) mass is 1090 g/mol. The van der Waals surface area contributed by atoms with Crippen LogP contribution in [0.2, 0.25) is 0 Å². The van der Waals surface area contributed by atoms with Gasteiger partial charge in [-0.05, 0) is 83.5 Å². The van der Waals surface area contributed by atoms with Crippen LogP contribution in [0.1, 0.15) is 348 Å². The zero-order chi connectivity index (χ0) is 56.4. The number of hydrogen-bond donors (Lipinski definition) is 0. The van der Waals surface area contributed by atoms with E-state index in [0.29, 0.717) is 19.3 Å². The molecule has 0 N–H and O–H groups in total. The van der Waals surface area contributed by atoms with Crippen molar-refractivity contribution in [3.8, 4) is 0 Å². The SMILES string of the molecule is CC/C=C\C/C=C\C/C=C\C/C=C\CCCCCCCCC(=O)OC(COC(=O)CCCCCCC/C=C\C/C=C\CCC)COC(=O)CCCCCCCCCCCCCCCCCCCCCCCCCCCCCC. The van der Waals surface area contributed by atoms with Gasteiger partial charge in [-0.2, -0.15) is 0 Å². The molecule has 0 fully saturated rings. The summed E-state index contributed by atoms with van der Waals surface area (Å²) in [6.45, 7) is 6.49. The molecule has 6 heteroatoms. The lowest BCUT2D eigenvalue weighted by atomic mass is 10.0. The van der Waals surface area contributed by atoms with E-state index < -0.39 is 6.10 Å². The van der Waals surface area contributed by atoms with Gasteiger partial charge in [-0.3, -0.25) is 14.4 Å². The summed E-state index contributed by atoms with van der Waals surface area (Å²) >= 11 is 0. The molecular weight excluding hydrogens is 961 g/mol. The average Bonchev–Trinajstić information content (AvgIpc) is 3.44. The van der Waals surface area contributed by atoms with Gasteiger partial charge in [0.2, 0.25) is 0 Å². The van der Waals surface area contributed by atoms with Crippen LogP contribution in [0.15, 0.2) is 72.9 Å². The van der Waals surface area contributed by atoms with E-state index in [4.69, 9.17) is 14.2 Å². The molecule has 0 saturated carbocycles. The molecule has 78 heavy (non-hydrogen) atoms. The Labute approximate surface area is 484 Å². The summed E-state index contributed by atoms with van der Waals surface area (Å²) in [4.78, 5) is 38.3. The third-order valence-corrected chi connectivity index (χ3v) is 14.9. The molecule has 6 nitrogen and oxygen atoms in total. The fourth-order valence-corrected chi connectivity index (χ4v) is 9.89. The molecule has 0 spiro atoms. The van der Waals surface area contributed by atoms with Gasteiger partial charge in [0.25, 0.3) is 0 Å². The second-order valence-corrected chi connectivity index (χ2v) is 22.7. The number of allylic oxidation sites excluding steroid dienone is 12. The maximum absolute atomic E-state index is 12.9. The van der Waals surface area contributed by atoms with E-state index >= 15 is 0 Å². The zero-order valence-corrected chi connectivity index (χ0v) is 51.9. The number of carbonyl (C=O) groups is 3. The summed E-state index contributed by atoms with van der Waals surface area (Å²) in [5, 5.41) is 0. The van der Waals surface area contributed by atoms with Crippen LogP contribution < -0.4 is 0 Å². The summed E-state index contributed by atoms with van der Waals surface area (Å²) < 4.78 is 16.9. The topological polar surface area (TPSA) is 78.9 Å². The number of rotatable bonds is 62. The Kier molecular flexibility index (Phi) is 63.7. The third kappa shape index (κ3) is 63.7. The molecule has 0 rings (SSSR count). The van der Waals surface area contributed by atoms with Crippen molar-refractivity contribution in [2.24, 2.45) is 0 Å². The van der Waals surface area contributed by atoms with Crippen LogP contribution in [-0.4, -0.2) is 37.2 Å². The Bertz CT molecular complexity index is 1440. The molecule has 0 aliphatic rings. The Balaban J connectivity index is 4.23. The molecule has 1 atom stereocenters. The quantitative estimate of drug-likeness (QED) is 0.0261. The number of carbonyl (C=O) groups excluding carboxylic acids is 3. The third-order valence-electron chi connectivity index (χ3n) is 14.9. The lowest BCUT2D eigenvalue weighted by Gasteiger charge is -2.18. The fraction of sp³-hybridized carbons (Fsp3) is 0.792. The standard InChI is InChI=1S/C72H128O6/c1-4-7-10-13-16-19-22-25-27-29-31-32-33-34-35-36-37-38-39-41-42-44-47-50-53-56-59-62-65-71(74)77-68-69(67-76-70(73)64-61-58-55-52-49-46-24-21-18-15-12-9-6-3)78-72(75)66-63-60-57-54-51-48-45-43-40-30-28-26-23-20-17-14-11-8-5-2/h8,11-12,15,17,20-21,24,26,28,40,43,69H,4-7,9-10,13-14,16,18-19,22-23,25,27,29-39,41-42,44-68H2,1-3H3/b11-8-,15-12-,20-17-,24-21-,28-26-,43-40-. The van der Waals surface area contributed by atoms with Gasteiger partial charge in [-0.15, -0.1) is 0 Å². The summed E-state index contributed by atoms with van der Waals surface area (Å²) in [6, 6.07) is 0. The van der Waals surface area contributed by atoms with Crippen molar-refractivity contribution >= 4 is 17.9 Å². The summed E-state index contributed by atoms with van der Waals surface area (Å²) in [5.74, 6) is -0.896. The molecule has 0 amide bonds. The van der Waals surface area contributed by atoms with Gasteiger partial charge in [0.1, 0.15) is 13.2 Å². The predicted octanol–water partition coefficient (Wildman–Crippen LogP) is 23.3. The second kappa shape index (κ2) is 66.4. The minimum atomic E-state index is -0.789. The van der Waals surface area contributed by atoms with Gasteiger partial charge in [0, 0.05) is 19.3 Å². The van der Waals surface area contributed by atoms with Crippen LogP contribution in [0, 0.1) is 0 Å². The van der Waals surface area contributed by atoms with Crippen molar-refractivity contribution in [3.05, 3.63) is 72.9 Å². The maximum Gasteiger partial charge on any atom is 0.306 e. The zero-order valence-electron chi connectivity index (χ0n) is 51.9. The van der Waals surface area contributed by atoms with Gasteiger partial charge >= 0.3 is 17.9 Å². The lowest BCUT2D eigenvalue weighted by molar-refractivity contribution is -0.167. The first-order valence-electron chi connectivity index (χ1n) is 33.9. The highest BCUT2D eigenvalue weighted by Crippen LogP contribution is 2.18. The Morgan fingerprint density at radius 1 is 0.269 bits per heavy atom. The van der Waals surface area contributed by atoms with E-state index in [1.165, 1.54) is 186 Å². The largest absolute Gasteiger partial charge is 0.462 e. The van der Waals surface area contributed by atoms with Crippen LogP contribution in [0.25, 0.3) is 0 Å². The van der Waals surface area contributed by atoms with Gasteiger partial charge in [-0.1, -0.05) is 318 Å². The number of esters is 3. The molecule has 452 valence electrons. The van der Waals surface area contributed by atoms with Crippen LogP contribution in [-0.2, 0) is 28.6 Å². The Morgan fingerprint density at radius 2 is 0.526 bits per heavy atom. The number of hydrogen-bond acceptors (Lipinski definition) is 6. The summed E-state index contributed by atoms with van der Waals surface area (Å²) in [5.41, 5.74) is 0. The van der Waals surface area contributed by atoms with Crippen molar-refractivity contribution in [1.82, 2.24) is 0 Å². The smallest absolute Gasteiger partial charge is 0.306 e. The molecule has 0 bridgehead atoms. The van der Waals surface area contributed by atoms with Crippen LogP contribution in [0.3, 0.4) is 0 Å². The first-order chi connectivity index (χ1) is 38.5. The molecule has 0 aromatic heterocycles. The normalized spacial score (nSPS) is 12.5. The Morgan fingerprint density at radius 3 is 0.833 bits per heavy atom. The van der Waals surface area contributed by atoms with Crippen molar-refractivity contribution in [2.75, 3.05) is 13.2 Å². The van der Waals surface area contributed by atoms with Gasteiger partial charge < -0.3 is 14.2 Å². The van der Waals surface area contributed by atoms with Gasteiger partial charge in [0.05, 0.1) is 0 Å². The van der Waals surface area contributed by atoms with E-state index in [1.54, 1.807) is 0 Å². The van der Waals surface area contributed by atoms with E-state index in [0.717, 1.165) is 122 Å². The molecule has 0 heterocycles. The van der Waals surface area contributed by atoms with Crippen LogP contribution in [0.4, 0.5) is 0 Å². The molecule has 0 aromatic rings. The highest BCUT2D eigenvalue weighted by atomic mass is 16.6. The summed E-state index contributed by atoms with van der Waals surface area (Å²) in [7, 11) is 0. The van der Waals surface area contributed by atoms with E-state index in [2.05, 4.69) is 93.7 Å². The highest BCUT2D eigenvalue weighted by molar-refractivity contribution is 5.71. The van der Waals surface area contributed by atoms with E-state index in [1.807, 2.05) is 0 Å². The van der Waals surface area contributed by atoms with Crippen LogP contribution >= 0.6 is 0 Å². The molecular formula is C72H128O6. The van der Waals surface area contributed by atoms with E-state index in [-0.39, 0.29) is 31.1 Å². The van der Waals surface area contributed by atoms with Crippen molar-refractivity contribution in [2.45, 2.75) is 354 Å². The molecule has 0 saturated heterocycles. The highest BCUT2D eigenvalue weighted by Gasteiger charge is 2.19. The average molecular weight is 1090 g/mol. The van der Waals surface area contributed by atoms with Crippen molar-refractivity contribution in [3.63, 3.8) is 0 Å². The minimum Gasteiger partial charge on any atom is -0.462 e.